The third kappa shape index (κ3) is 3.01. The lowest BCUT2D eigenvalue weighted by Crippen LogP contribution is -1.80. The Kier molecular flexibility index (Phi) is 3.81. The molecule has 0 saturated carbocycles. The summed E-state index contributed by atoms with van der Waals surface area (Å²) in [6.07, 6.45) is 0. The van der Waals surface area contributed by atoms with Crippen LogP contribution in [0.4, 0.5) is 0 Å². The molecule has 0 spiro atoms. The highest BCUT2D eigenvalue weighted by atomic mass is 32.2. The molecule has 3 aromatic rings. The van der Waals surface area contributed by atoms with Crippen molar-refractivity contribution in [3.05, 3.63) is 28.0 Å². The fourth-order valence-electron chi connectivity index (χ4n) is 1.81. The molecule has 0 saturated heterocycles. The summed E-state index contributed by atoms with van der Waals surface area (Å²) in [5, 5.41) is 9.61. The van der Waals surface area contributed by atoms with Gasteiger partial charge in [-0.2, -0.15) is 0 Å². The molecule has 0 atom stereocenters. The first kappa shape index (κ1) is 14.3. The highest BCUT2D eigenvalue weighted by Gasteiger charge is 2.16. The monoisotopic (exact) mass is 322 g/mol. The van der Waals surface area contributed by atoms with Crippen LogP contribution in [0.5, 0.6) is 0 Å². The van der Waals surface area contributed by atoms with Gasteiger partial charge in [0.25, 0.3) is 11.1 Å². The Hall–Kier alpha value is -1.67. The van der Waals surface area contributed by atoms with Crippen LogP contribution in [-0.2, 0) is 5.75 Å². The van der Waals surface area contributed by atoms with Crippen molar-refractivity contribution in [1.82, 2.24) is 20.2 Å². The van der Waals surface area contributed by atoms with Crippen molar-refractivity contribution >= 4 is 23.1 Å². The van der Waals surface area contributed by atoms with Crippen molar-refractivity contribution in [2.24, 2.45) is 0 Å². The topological polar surface area (TPSA) is 77.8 Å². The summed E-state index contributed by atoms with van der Waals surface area (Å²) in [6, 6.07) is 0. The highest BCUT2D eigenvalue weighted by Crippen LogP contribution is 2.31. The first-order valence-corrected chi connectivity index (χ1v) is 8.16. The standard InChI is InChI=1S/C13H14N4O2S2/c1-6-8(3)18-10(15-6)5-20-13-17-16-12(19-13)11-7(2)14-9(4)21-11/h5H2,1-4H3. The molecule has 0 radical (unpaired) electrons. The SMILES string of the molecule is Cc1nc(C)c(-c2nnc(SCc3nc(C)c(C)o3)o2)s1. The molecule has 0 fully saturated rings. The average molecular weight is 322 g/mol. The molecule has 0 bridgehead atoms. The molecule has 0 aliphatic heterocycles. The summed E-state index contributed by atoms with van der Waals surface area (Å²) in [6.45, 7) is 7.72. The van der Waals surface area contributed by atoms with Crippen molar-refractivity contribution in [2.75, 3.05) is 0 Å². The van der Waals surface area contributed by atoms with Crippen molar-refractivity contribution < 1.29 is 8.83 Å². The zero-order valence-electron chi connectivity index (χ0n) is 12.1. The second-order valence-electron chi connectivity index (χ2n) is 4.56. The number of hydrogen-bond donors (Lipinski definition) is 0. The molecule has 3 aromatic heterocycles. The molecule has 0 aliphatic carbocycles. The van der Waals surface area contributed by atoms with E-state index in [0.29, 0.717) is 22.8 Å². The van der Waals surface area contributed by atoms with E-state index < -0.39 is 0 Å². The van der Waals surface area contributed by atoms with Gasteiger partial charge in [0, 0.05) is 0 Å². The van der Waals surface area contributed by atoms with E-state index in [1.165, 1.54) is 11.8 Å². The number of thioether (sulfide) groups is 1. The van der Waals surface area contributed by atoms with Gasteiger partial charge < -0.3 is 8.83 Å². The lowest BCUT2D eigenvalue weighted by Gasteiger charge is -1.91. The fourth-order valence-corrected chi connectivity index (χ4v) is 3.26. The Morgan fingerprint density at radius 1 is 1.00 bits per heavy atom. The summed E-state index contributed by atoms with van der Waals surface area (Å²) >= 11 is 2.96. The number of aryl methyl sites for hydroxylation is 4. The lowest BCUT2D eigenvalue weighted by atomic mass is 10.4. The van der Waals surface area contributed by atoms with E-state index in [1.807, 2.05) is 27.7 Å². The van der Waals surface area contributed by atoms with E-state index in [1.54, 1.807) is 11.3 Å². The molecule has 21 heavy (non-hydrogen) atoms. The van der Waals surface area contributed by atoms with Crippen molar-refractivity contribution in [3.8, 4) is 10.8 Å². The van der Waals surface area contributed by atoms with E-state index in [2.05, 4.69) is 20.2 Å². The first-order valence-electron chi connectivity index (χ1n) is 6.36. The molecular weight excluding hydrogens is 308 g/mol. The molecule has 110 valence electrons. The van der Waals surface area contributed by atoms with Crippen molar-refractivity contribution in [3.63, 3.8) is 0 Å². The Balaban J connectivity index is 1.72. The van der Waals surface area contributed by atoms with E-state index >= 15 is 0 Å². The van der Waals surface area contributed by atoms with Crippen molar-refractivity contribution in [2.45, 2.75) is 38.7 Å². The van der Waals surface area contributed by atoms with E-state index in [9.17, 15) is 0 Å². The minimum atomic E-state index is 0.504. The molecule has 0 N–H and O–H groups in total. The van der Waals surface area contributed by atoms with Crippen molar-refractivity contribution in [1.29, 1.82) is 0 Å². The zero-order chi connectivity index (χ0) is 15.0. The van der Waals surface area contributed by atoms with Gasteiger partial charge in [-0.15, -0.1) is 21.5 Å². The van der Waals surface area contributed by atoms with E-state index in [4.69, 9.17) is 8.83 Å². The number of nitrogens with zero attached hydrogens (tertiary/aromatic N) is 4. The summed E-state index contributed by atoms with van der Waals surface area (Å²) in [7, 11) is 0. The van der Waals surface area contributed by atoms with Gasteiger partial charge in [-0.1, -0.05) is 11.8 Å². The van der Waals surface area contributed by atoms with Gasteiger partial charge in [0.15, 0.2) is 0 Å². The van der Waals surface area contributed by atoms with Gasteiger partial charge in [0.1, 0.15) is 10.6 Å². The molecule has 0 unspecified atom stereocenters. The molecule has 0 amide bonds. The number of rotatable bonds is 4. The Bertz CT molecular complexity index is 756. The van der Waals surface area contributed by atoms with Crippen LogP contribution >= 0.6 is 23.1 Å². The number of oxazole rings is 1. The molecule has 3 rings (SSSR count). The summed E-state index contributed by atoms with van der Waals surface area (Å²) in [5.74, 6) is 2.59. The molecule has 0 aliphatic rings. The Morgan fingerprint density at radius 2 is 1.81 bits per heavy atom. The third-order valence-corrected chi connectivity index (χ3v) is 4.76. The first-order chi connectivity index (χ1) is 10.0. The molecular formula is C13H14N4O2S2. The van der Waals surface area contributed by atoms with Gasteiger partial charge >= 0.3 is 0 Å². The van der Waals surface area contributed by atoms with Gasteiger partial charge in [-0.3, -0.25) is 0 Å². The van der Waals surface area contributed by atoms with Gasteiger partial charge in [-0.05, 0) is 27.7 Å². The van der Waals surface area contributed by atoms with Crippen LogP contribution in [0.2, 0.25) is 0 Å². The summed E-state index contributed by atoms with van der Waals surface area (Å²) in [5.41, 5.74) is 1.82. The van der Waals surface area contributed by atoms with Gasteiger partial charge in [0.2, 0.25) is 5.89 Å². The number of hydrogen-bond acceptors (Lipinski definition) is 8. The smallest absolute Gasteiger partial charge is 0.277 e. The second-order valence-corrected chi connectivity index (χ2v) is 6.69. The van der Waals surface area contributed by atoms with Crippen LogP contribution in [0.15, 0.2) is 14.1 Å². The predicted molar refractivity (Wildman–Crippen MR) is 80.4 cm³/mol. The molecule has 0 aromatic carbocycles. The average Bonchev–Trinajstić information content (AvgIpc) is 3.09. The van der Waals surface area contributed by atoms with E-state index in [-0.39, 0.29) is 0 Å². The minimum Gasteiger partial charge on any atom is -0.445 e. The number of aromatic nitrogens is 4. The summed E-state index contributed by atoms with van der Waals surface area (Å²) < 4.78 is 11.2. The normalized spacial score (nSPS) is 11.2. The largest absolute Gasteiger partial charge is 0.445 e. The molecule has 6 nitrogen and oxygen atoms in total. The quantitative estimate of drug-likeness (QED) is 0.677. The van der Waals surface area contributed by atoms with Crippen LogP contribution in [-0.4, -0.2) is 20.2 Å². The van der Waals surface area contributed by atoms with Crippen LogP contribution in [0.25, 0.3) is 10.8 Å². The number of thiazole rings is 1. The zero-order valence-corrected chi connectivity index (χ0v) is 13.8. The van der Waals surface area contributed by atoms with Crippen LogP contribution in [0, 0.1) is 27.7 Å². The highest BCUT2D eigenvalue weighted by molar-refractivity contribution is 7.98. The third-order valence-electron chi connectivity index (χ3n) is 2.90. The van der Waals surface area contributed by atoms with Crippen LogP contribution in [0.3, 0.4) is 0 Å². The summed E-state index contributed by atoms with van der Waals surface area (Å²) in [4.78, 5) is 9.61. The fraction of sp³-hybridized carbons (Fsp3) is 0.385. The predicted octanol–water partition coefficient (Wildman–Crippen LogP) is 3.71. The van der Waals surface area contributed by atoms with Gasteiger partial charge in [-0.25, -0.2) is 9.97 Å². The Morgan fingerprint density at radius 3 is 2.43 bits per heavy atom. The molecule has 3 heterocycles. The van der Waals surface area contributed by atoms with E-state index in [0.717, 1.165) is 27.0 Å². The maximum Gasteiger partial charge on any atom is 0.277 e. The molecule has 8 heteroatoms. The lowest BCUT2D eigenvalue weighted by molar-refractivity contribution is 0.462. The second kappa shape index (κ2) is 5.61. The van der Waals surface area contributed by atoms with Crippen LogP contribution in [0.1, 0.15) is 28.0 Å². The maximum absolute atomic E-state index is 5.66. The Labute approximate surface area is 130 Å². The van der Waals surface area contributed by atoms with Gasteiger partial charge in [0.05, 0.1) is 22.1 Å². The maximum atomic E-state index is 5.66. The minimum absolute atomic E-state index is 0.504. The van der Waals surface area contributed by atoms with Crippen LogP contribution < -0.4 is 0 Å².